The van der Waals surface area contributed by atoms with Gasteiger partial charge in [-0.3, -0.25) is 0 Å². The molecule has 0 aromatic heterocycles. The summed E-state index contributed by atoms with van der Waals surface area (Å²) >= 11 is 0. The maximum absolute atomic E-state index is 8.54. The van der Waals surface area contributed by atoms with Crippen molar-refractivity contribution in [2.24, 2.45) is 5.92 Å². The molecule has 0 saturated heterocycles. The summed E-state index contributed by atoms with van der Waals surface area (Å²) in [5, 5.41) is 8.54. The van der Waals surface area contributed by atoms with E-state index in [1.54, 1.807) is 0 Å². The summed E-state index contributed by atoms with van der Waals surface area (Å²) in [5.41, 5.74) is 0.965. The van der Waals surface area contributed by atoms with Gasteiger partial charge in [0.05, 0.1) is 6.61 Å². The van der Waals surface area contributed by atoms with E-state index < -0.39 is 0 Å². The molecule has 1 heteroatoms. The minimum Gasteiger partial charge on any atom is -0.392 e. The van der Waals surface area contributed by atoms with Crippen molar-refractivity contribution in [1.82, 2.24) is 0 Å². The number of rotatable bonds is 1. The summed E-state index contributed by atoms with van der Waals surface area (Å²) in [6.07, 6.45) is 2.97. The molecule has 66 valence electrons. The molecule has 0 bridgehead atoms. The molecular formula is C11H16O. The van der Waals surface area contributed by atoms with Crippen molar-refractivity contribution in [2.45, 2.75) is 26.4 Å². The second-order valence-electron chi connectivity index (χ2n) is 3.33. The number of benzene rings is 1. The first-order chi connectivity index (χ1) is 5.83. The van der Waals surface area contributed by atoms with Crippen molar-refractivity contribution in [3.8, 4) is 0 Å². The first-order valence-electron chi connectivity index (χ1n) is 4.47. The van der Waals surface area contributed by atoms with E-state index in [9.17, 15) is 0 Å². The van der Waals surface area contributed by atoms with Crippen LogP contribution in [0.4, 0.5) is 0 Å². The molecule has 2 rings (SSSR count). The van der Waals surface area contributed by atoms with Gasteiger partial charge in [0.1, 0.15) is 0 Å². The minimum absolute atomic E-state index is 0.140. The van der Waals surface area contributed by atoms with Gasteiger partial charge in [-0.05, 0) is 11.5 Å². The molecule has 1 aromatic carbocycles. The van der Waals surface area contributed by atoms with E-state index >= 15 is 0 Å². The molecule has 0 amide bonds. The second kappa shape index (κ2) is 4.94. The fraction of sp³-hybridized carbons (Fsp3) is 0.455. The van der Waals surface area contributed by atoms with Gasteiger partial charge in [-0.1, -0.05) is 50.1 Å². The third kappa shape index (κ3) is 4.14. The van der Waals surface area contributed by atoms with Gasteiger partial charge in [-0.2, -0.15) is 0 Å². The molecule has 0 heterocycles. The highest BCUT2D eigenvalue weighted by atomic mass is 16.3. The molecule has 0 radical (unpaired) electrons. The van der Waals surface area contributed by atoms with Crippen molar-refractivity contribution < 1.29 is 5.11 Å². The van der Waals surface area contributed by atoms with E-state index in [1.165, 1.54) is 12.8 Å². The predicted octanol–water partition coefficient (Wildman–Crippen LogP) is 2.60. The van der Waals surface area contributed by atoms with Crippen LogP contribution in [0.15, 0.2) is 30.3 Å². The summed E-state index contributed by atoms with van der Waals surface area (Å²) in [6, 6.07) is 9.52. The van der Waals surface area contributed by atoms with Crippen molar-refractivity contribution in [3.05, 3.63) is 35.9 Å². The molecule has 0 aliphatic heterocycles. The SMILES string of the molecule is CC1CC1.OCc1ccccc1. The highest BCUT2D eigenvalue weighted by Crippen LogP contribution is 2.26. The van der Waals surface area contributed by atoms with Crippen LogP contribution in [0.3, 0.4) is 0 Å². The van der Waals surface area contributed by atoms with Gasteiger partial charge >= 0.3 is 0 Å². The van der Waals surface area contributed by atoms with Crippen LogP contribution in [0.2, 0.25) is 0 Å². The monoisotopic (exact) mass is 164 g/mol. The molecule has 0 atom stereocenters. The molecule has 1 nitrogen and oxygen atoms in total. The Morgan fingerprint density at radius 1 is 1.25 bits per heavy atom. The lowest BCUT2D eigenvalue weighted by atomic mass is 10.2. The quantitative estimate of drug-likeness (QED) is 0.676. The van der Waals surface area contributed by atoms with Gasteiger partial charge in [0, 0.05) is 0 Å². The predicted molar refractivity (Wildman–Crippen MR) is 50.8 cm³/mol. The van der Waals surface area contributed by atoms with Crippen LogP contribution in [0.1, 0.15) is 25.3 Å². The minimum atomic E-state index is 0.140. The van der Waals surface area contributed by atoms with E-state index in [2.05, 4.69) is 6.92 Å². The Hall–Kier alpha value is -0.820. The normalized spacial score (nSPS) is 14.8. The van der Waals surface area contributed by atoms with E-state index in [0.29, 0.717) is 0 Å². The third-order valence-corrected chi connectivity index (χ3v) is 1.89. The van der Waals surface area contributed by atoms with Crippen LogP contribution >= 0.6 is 0 Å². The first kappa shape index (κ1) is 9.27. The topological polar surface area (TPSA) is 20.2 Å². The summed E-state index contributed by atoms with van der Waals surface area (Å²) in [5.74, 6) is 1.08. The molecule has 12 heavy (non-hydrogen) atoms. The van der Waals surface area contributed by atoms with Crippen molar-refractivity contribution >= 4 is 0 Å². The Kier molecular flexibility index (Phi) is 3.81. The van der Waals surface area contributed by atoms with Crippen molar-refractivity contribution in [3.63, 3.8) is 0 Å². The van der Waals surface area contributed by atoms with E-state index in [-0.39, 0.29) is 6.61 Å². The van der Waals surface area contributed by atoms with Crippen LogP contribution in [-0.2, 0) is 6.61 Å². The zero-order chi connectivity index (χ0) is 8.81. The number of hydrogen-bond acceptors (Lipinski definition) is 1. The second-order valence-corrected chi connectivity index (χ2v) is 3.33. The summed E-state index contributed by atoms with van der Waals surface area (Å²) in [7, 11) is 0. The number of aliphatic hydroxyl groups excluding tert-OH is 1. The molecule has 1 aliphatic carbocycles. The first-order valence-corrected chi connectivity index (χ1v) is 4.47. The smallest absolute Gasteiger partial charge is 0.0681 e. The summed E-state index contributed by atoms with van der Waals surface area (Å²) in [4.78, 5) is 0. The molecular weight excluding hydrogens is 148 g/mol. The van der Waals surface area contributed by atoms with Crippen molar-refractivity contribution in [2.75, 3.05) is 0 Å². The highest BCUT2D eigenvalue weighted by molar-refractivity contribution is 5.12. The lowest BCUT2D eigenvalue weighted by Crippen LogP contribution is -1.77. The third-order valence-electron chi connectivity index (χ3n) is 1.89. The Bertz CT molecular complexity index is 202. The molecule has 1 N–H and O–H groups in total. The Morgan fingerprint density at radius 3 is 2.00 bits per heavy atom. The van der Waals surface area contributed by atoms with Gasteiger partial charge in [-0.15, -0.1) is 0 Å². The maximum atomic E-state index is 8.54. The fourth-order valence-corrected chi connectivity index (χ4v) is 0.750. The van der Waals surface area contributed by atoms with Crippen LogP contribution in [-0.4, -0.2) is 5.11 Å². The maximum Gasteiger partial charge on any atom is 0.0681 e. The average molecular weight is 164 g/mol. The van der Waals surface area contributed by atoms with E-state index in [0.717, 1.165) is 11.5 Å². The van der Waals surface area contributed by atoms with Gasteiger partial charge in [0.25, 0.3) is 0 Å². The van der Waals surface area contributed by atoms with Gasteiger partial charge in [-0.25, -0.2) is 0 Å². The molecule has 1 saturated carbocycles. The highest BCUT2D eigenvalue weighted by Gasteiger charge is 2.12. The largest absolute Gasteiger partial charge is 0.392 e. The fourth-order valence-electron chi connectivity index (χ4n) is 0.750. The molecule has 1 aromatic rings. The number of hydrogen-bond donors (Lipinski definition) is 1. The zero-order valence-corrected chi connectivity index (χ0v) is 7.53. The zero-order valence-electron chi connectivity index (χ0n) is 7.53. The standard InChI is InChI=1S/C7H8O.C4H8/c8-6-7-4-2-1-3-5-7;1-4-2-3-4/h1-5,8H,6H2;4H,2-3H2,1H3. The molecule has 1 aliphatic rings. The summed E-state index contributed by atoms with van der Waals surface area (Å²) < 4.78 is 0. The van der Waals surface area contributed by atoms with Crippen LogP contribution in [0.25, 0.3) is 0 Å². The Balaban J connectivity index is 0.000000150. The molecule has 0 unspecified atom stereocenters. The Morgan fingerprint density at radius 2 is 1.75 bits per heavy atom. The van der Waals surface area contributed by atoms with E-state index in [1.807, 2.05) is 30.3 Å². The lowest BCUT2D eigenvalue weighted by Gasteiger charge is -1.89. The molecule has 1 fully saturated rings. The van der Waals surface area contributed by atoms with Crippen LogP contribution in [0.5, 0.6) is 0 Å². The Labute approximate surface area is 74.1 Å². The summed E-state index contributed by atoms with van der Waals surface area (Å²) in [6.45, 7) is 2.42. The lowest BCUT2D eigenvalue weighted by molar-refractivity contribution is 0.282. The molecule has 0 spiro atoms. The van der Waals surface area contributed by atoms with Gasteiger partial charge in [0.15, 0.2) is 0 Å². The van der Waals surface area contributed by atoms with Crippen LogP contribution in [0, 0.1) is 5.92 Å². The van der Waals surface area contributed by atoms with E-state index in [4.69, 9.17) is 5.11 Å². The van der Waals surface area contributed by atoms with Crippen molar-refractivity contribution in [1.29, 1.82) is 0 Å². The number of aliphatic hydroxyl groups is 1. The van der Waals surface area contributed by atoms with Crippen LogP contribution < -0.4 is 0 Å². The average Bonchev–Trinajstić information content (AvgIpc) is 2.90. The van der Waals surface area contributed by atoms with Gasteiger partial charge < -0.3 is 5.11 Å². The van der Waals surface area contributed by atoms with Gasteiger partial charge in [0.2, 0.25) is 0 Å².